The number of piperazine rings is 1. The van der Waals surface area contributed by atoms with Crippen molar-refractivity contribution in [1.29, 1.82) is 0 Å². The van der Waals surface area contributed by atoms with Gasteiger partial charge in [0.05, 0.1) is 6.04 Å². The minimum atomic E-state index is -0.695. The Kier molecular flexibility index (Phi) is 7.18. The number of amides is 2. The van der Waals surface area contributed by atoms with Crippen molar-refractivity contribution >= 4 is 17.5 Å². The molecule has 6 nitrogen and oxygen atoms in total. The number of halogens is 1. The predicted octanol–water partition coefficient (Wildman–Crippen LogP) is 2.49. The van der Waals surface area contributed by atoms with E-state index in [1.165, 1.54) is 12.1 Å². The Hall–Kier alpha value is -2.77. The van der Waals surface area contributed by atoms with E-state index < -0.39 is 11.8 Å². The van der Waals surface area contributed by atoms with Crippen molar-refractivity contribution in [2.24, 2.45) is 0 Å². The van der Waals surface area contributed by atoms with Gasteiger partial charge in [0.2, 0.25) is 0 Å². The van der Waals surface area contributed by atoms with Crippen LogP contribution in [0.3, 0.4) is 0 Å². The maximum atomic E-state index is 13.4. The lowest BCUT2D eigenvalue weighted by atomic mass is 10.0. The third kappa shape index (κ3) is 5.43. The topological polar surface area (TPSA) is 64.7 Å². The summed E-state index contributed by atoms with van der Waals surface area (Å²) in [7, 11) is 2.07. The van der Waals surface area contributed by atoms with Crippen molar-refractivity contribution in [2.45, 2.75) is 19.9 Å². The van der Waals surface area contributed by atoms with E-state index in [1.54, 1.807) is 18.2 Å². The molecule has 7 heteroatoms. The van der Waals surface area contributed by atoms with Crippen LogP contribution in [0.25, 0.3) is 0 Å². The van der Waals surface area contributed by atoms with Gasteiger partial charge in [-0.3, -0.25) is 14.5 Å². The van der Waals surface area contributed by atoms with Crippen LogP contribution < -0.4 is 10.6 Å². The van der Waals surface area contributed by atoms with E-state index in [2.05, 4.69) is 27.5 Å². The highest BCUT2D eigenvalue weighted by atomic mass is 19.1. The fourth-order valence-electron chi connectivity index (χ4n) is 3.61. The zero-order chi connectivity index (χ0) is 21.7. The Morgan fingerprint density at radius 2 is 1.67 bits per heavy atom. The lowest BCUT2D eigenvalue weighted by molar-refractivity contribution is -0.136. The number of benzene rings is 2. The molecule has 1 saturated heterocycles. The number of nitrogens with zero attached hydrogens (tertiary/aromatic N) is 2. The number of hydrogen-bond acceptors (Lipinski definition) is 4. The largest absolute Gasteiger partial charge is 0.346 e. The number of likely N-dealkylation sites (N-methyl/N-ethyl adjacent to an activating group) is 1. The summed E-state index contributed by atoms with van der Waals surface area (Å²) in [6.07, 6.45) is 0. The molecule has 2 N–H and O–H groups in total. The maximum Gasteiger partial charge on any atom is 0.313 e. The zero-order valence-electron chi connectivity index (χ0n) is 17.7. The molecular formula is C23H29FN4O2. The number of hydrogen-bond donors (Lipinski definition) is 2. The third-order valence-electron chi connectivity index (χ3n) is 5.75. The van der Waals surface area contributed by atoms with Crippen molar-refractivity contribution in [3.63, 3.8) is 0 Å². The fourth-order valence-corrected chi connectivity index (χ4v) is 3.61. The minimum absolute atomic E-state index is 0.128. The maximum absolute atomic E-state index is 13.4. The second-order valence-electron chi connectivity index (χ2n) is 7.82. The van der Waals surface area contributed by atoms with Gasteiger partial charge in [-0.2, -0.15) is 0 Å². The first-order valence-electron chi connectivity index (χ1n) is 10.2. The molecule has 0 unspecified atom stereocenters. The van der Waals surface area contributed by atoms with Crippen LogP contribution in [0.5, 0.6) is 0 Å². The van der Waals surface area contributed by atoms with Gasteiger partial charge >= 0.3 is 11.8 Å². The van der Waals surface area contributed by atoms with Gasteiger partial charge in [-0.1, -0.05) is 24.3 Å². The monoisotopic (exact) mass is 412 g/mol. The highest BCUT2D eigenvalue weighted by Gasteiger charge is 2.25. The van der Waals surface area contributed by atoms with Crippen molar-refractivity contribution < 1.29 is 14.0 Å². The summed E-state index contributed by atoms with van der Waals surface area (Å²) < 4.78 is 13.4. The smallest absolute Gasteiger partial charge is 0.313 e. The van der Waals surface area contributed by atoms with Crippen LogP contribution in [0, 0.1) is 19.7 Å². The number of nitrogens with one attached hydrogen (secondary N) is 2. The van der Waals surface area contributed by atoms with Crippen LogP contribution in [0.2, 0.25) is 0 Å². The molecule has 160 valence electrons. The van der Waals surface area contributed by atoms with E-state index >= 15 is 0 Å². The van der Waals surface area contributed by atoms with E-state index in [1.807, 2.05) is 26.0 Å². The van der Waals surface area contributed by atoms with Gasteiger partial charge in [-0.25, -0.2) is 4.39 Å². The summed E-state index contributed by atoms with van der Waals surface area (Å²) >= 11 is 0. The number of anilines is 1. The van der Waals surface area contributed by atoms with E-state index in [9.17, 15) is 14.0 Å². The van der Waals surface area contributed by atoms with Crippen LogP contribution in [-0.4, -0.2) is 61.4 Å². The van der Waals surface area contributed by atoms with E-state index in [0.29, 0.717) is 5.69 Å². The van der Waals surface area contributed by atoms with Crippen molar-refractivity contribution in [3.05, 3.63) is 65.0 Å². The summed E-state index contributed by atoms with van der Waals surface area (Å²) in [4.78, 5) is 29.4. The first kappa shape index (κ1) is 21.9. The molecule has 30 heavy (non-hydrogen) atoms. The summed E-state index contributed by atoms with van der Waals surface area (Å²) in [5.74, 6) is -1.68. The Labute approximate surface area is 177 Å². The second kappa shape index (κ2) is 9.82. The summed E-state index contributed by atoms with van der Waals surface area (Å²) in [5, 5.41) is 5.44. The van der Waals surface area contributed by atoms with Gasteiger partial charge in [0, 0.05) is 38.4 Å². The molecule has 1 atom stereocenters. The second-order valence-corrected chi connectivity index (χ2v) is 7.82. The van der Waals surface area contributed by atoms with Crippen molar-refractivity contribution in [3.8, 4) is 0 Å². The molecule has 1 aliphatic rings. The molecule has 0 aliphatic carbocycles. The molecule has 1 heterocycles. The highest BCUT2D eigenvalue weighted by Crippen LogP contribution is 2.22. The summed E-state index contributed by atoms with van der Waals surface area (Å²) in [6.45, 7) is 7.63. The van der Waals surface area contributed by atoms with Gasteiger partial charge < -0.3 is 15.5 Å². The van der Waals surface area contributed by atoms with Gasteiger partial charge in [-0.05, 0) is 55.8 Å². The lowest BCUT2D eigenvalue weighted by Crippen LogP contribution is -2.49. The van der Waals surface area contributed by atoms with Crippen LogP contribution in [0.15, 0.2) is 42.5 Å². The first-order valence-corrected chi connectivity index (χ1v) is 10.2. The number of carbonyl (C=O) groups is 2. The molecule has 3 rings (SSSR count). The van der Waals surface area contributed by atoms with Gasteiger partial charge in [0.1, 0.15) is 5.82 Å². The van der Waals surface area contributed by atoms with Crippen LogP contribution in [0.4, 0.5) is 10.1 Å². The number of rotatable bonds is 5. The molecule has 0 spiro atoms. The first-order chi connectivity index (χ1) is 14.3. The third-order valence-corrected chi connectivity index (χ3v) is 5.75. The van der Waals surface area contributed by atoms with E-state index in [0.717, 1.165) is 42.9 Å². The molecule has 0 bridgehead atoms. The normalized spacial score (nSPS) is 16.1. The quantitative estimate of drug-likeness (QED) is 0.741. The van der Waals surface area contributed by atoms with Gasteiger partial charge in [-0.15, -0.1) is 0 Å². The lowest BCUT2D eigenvalue weighted by Gasteiger charge is -2.38. The van der Waals surface area contributed by atoms with Gasteiger partial charge in [0.25, 0.3) is 0 Å². The van der Waals surface area contributed by atoms with Crippen molar-refractivity contribution in [2.75, 3.05) is 45.1 Å². The molecule has 2 aromatic rings. The highest BCUT2D eigenvalue weighted by molar-refractivity contribution is 6.39. The van der Waals surface area contributed by atoms with E-state index in [-0.39, 0.29) is 18.4 Å². The van der Waals surface area contributed by atoms with Crippen LogP contribution >= 0.6 is 0 Å². The van der Waals surface area contributed by atoms with Gasteiger partial charge in [0.15, 0.2) is 0 Å². The standard InChI is InChI=1S/C23H29FN4O2/c1-16-5-4-6-20(17(16)2)26-23(30)22(29)25-15-21(18-7-9-19(24)10-8-18)28-13-11-27(3)12-14-28/h4-10,21H,11-15H2,1-3H3,(H,25,29)(H,26,30)/t21-/m1/s1. The molecule has 0 radical (unpaired) electrons. The molecule has 0 saturated carbocycles. The molecular weight excluding hydrogens is 383 g/mol. The molecule has 1 aliphatic heterocycles. The Morgan fingerprint density at radius 3 is 2.33 bits per heavy atom. The number of aryl methyl sites for hydroxylation is 1. The average molecular weight is 413 g/mol. The van der Waals surface area contributed by atoms with Crippen molar-refractivity contribution in [1.82, 2.24) is 15.1 Å². The zero-order valence-corrected chi connectivity index (χ0v) is 17.7. The molecule has 1 fully saturated rings. The number of carbonyl (C=O) groups excluding carboxylic acids is 2. The Bertz CT molecular complexity index is 893. The molecule has 2 aromatic carbocycles. The summed E-state index contributed by atoms with van der Waals surface area (Å²) in [6, 6.07) is 11.8. The average Bonchev–Trinajstić information content (AvgIpc) is 2.73. The molecule has 0 aromatic heterocycles. The van der Waals surface area contributed by atoms with Crippen LogP contribution in [-0.2, 0) is 9.59 Å². The Balaban J connectivity index is 1.66. The summed E-state index contributed by atoms with van der Waals surface area (Å²) in [5.41, 5.74) is 3.51. The molecule has 2 amide bonds. The minimum Gasteiger partial charge on any atom is -0.346 e. The van der Waals surface area contributed by atoms with E-state index in [4.69, 9.17) is 0 Å². The fraction of sp³-hybridized carbons (Fsp3) is 0.391. The SMILES string of the molecule is Cc1cccc(NC(=O)C(=O)NC[C@H](c2ccc(F)cc2)N2CCN(C)CC2)c1C. The Morgan fingerprint density at radius 1 is 1.00 bits per heavy atom. The van der Waals surface area contributed by atoms with Crippen LogP contribution in [0.1, 0.15) is 22.7 Å². The predicted molar refractivity (Wildman–Crippen MR) is 116 cm³/mol.